The number of hydrogen-bond donors (Lipinski definition) is 0. The number of hydrogen-bond acceptors (Lipinski definition) is 3. The number of fused-ring (bicyclic) bond motifs is 1. The largest absolute Gasteiger partial charge is 0.282 e. The van der Waals surface area contributed by atoms with Crippen LogP contribution in [0, 0.1) is 0 Å². The summed E-state index contributed by atoms with van der Waals surface area (Å²) in [4.78, 5) is 24.1. The summed E-state index contributed by atoms with van der Waals surface area (Å²) < 4.78 is 0. The quantitative estimate of drug-likeness (QED) is 0.638. The molecule has 0 aromatic heterocycles. The van der Waals surface area contributed by atoms with Gasteiger partial charge in [-0.1, -0.05) is 42.5 Å². The highest BCUT2D eigenvalue weighted by molar-refractivity contribution is 6.21. The molecule has 0 N–H and O–H groups in total. The molecule has 0 unspecified atom stereocenters. The second-order valence-corrected chi connectivity index (χ2v) is 4.79. The number of carbonyl (C=O) groups is 2. The van der Waals surface area contributed by atoms with Crippen molar-refractivity contribution in [2.75, 3.05) is 0 Å². The number of nitrogens with zero attached hydrogens (tertiary/aromatic N) is 2. The first-order valence-electron chi connectivity index (χ1n) is 6.81. The molecule has 4 heteroatoms. The fourth-order valence-corrected chi connectivity index (χ4v) is 2.30. The molecule has 0 radical (unpaired) electrons. The van der Waals surface area contributed by atoms with Crippen molar-refractivity contribution in [3.8, 4) is 0 Å². The van der Waals surface area contributed by atoms with E-state index in [9.17, 15) is 9.59 Å². The molecule has 0 aliphatic carbocycles. The Morgan fingerprint density at radius 3 is 2.05 bits per heavy atom. The Bertz CT molecular complexity index is 673. The van der Waals surface area contributed by atoms with Crippen LogP contribution < -0.4 is 0 Å². The van der Waals surface area contributed by atoms with E-state index < -0.39 is 0 Å². The molecule has 0 saturated heterocycles. The molecule has 21 heavy (non-hydrogen) atoms. The van der Waals surface area contributed by atoms with Crippen LogP contribution in [0.3, 0.4) is 0 Å². The first-order valence-corrected chi connectivity index (χ1v) is 6.81. The number of rotatable bonds is 4. The average Bonchev–Trinajstić information content (AvgIpc) is 2.77. The van der Waals surface area contributed by atoms with Gasteiger partial charge in [-0.3, -0.25) is 9.59 Å². The lowest BCUT2D eigenvalue weighted by Crippen LogP contribution is -2.23. The van der Waals surface area contributed by atoms with Gasteiger partial charge >= 0.3 is 0 Å². The summed E-state index contributed by atoms with van der Waals surface area (Å²) in [6, 6.07) is 16.8. The Kier molecular flexibility index (Phi) is 3.60. The van der Waals surface area contributed by atoms with E-state index in [1.165, 1.54) is 5.56 Å². The zero-order valence-electron chi connectivity index (χ0n) is 11.4. The second-order valence-electron chi connectivity index (χ2n) is 4.79. The maximum Gasteiger partial charge on any atom is 0.282 e. The average molecular weight is 278 g/mol. The lowest BCUT2D eigenvalue weighted by atomic mass is 10.1. The minimum atomic E-state index is -0.355. The van der Waals surface area contributed by atoms with Crippen molar-refractivity contribution in [2.24, 2.45) is 5.10 Å². The van der Waals surface area contributed by atoms with E-state index in [0.717, 1.165) is 11.4 Å². The highest BCUT2D eigenvalue weighted by atomic mass is 16.2. The van der Waals surface area contributed by atoms with E-state index in [4.69, 9.17) is 0 Å². The lowest BCUT2D eigenvalue weighted by Gasteiger charge is -2.05. The zero-order chi connectivity index (χ0) is 14.7. The van der Waals surface area contributed by atoms with Gasteiger partial charge in [0.25, 0.3) is 11.8 Å². The Labute approximate surface area is 122 Å². The molecule has 0 saturated carbocycles. The minimum Gasteiger partial charge on any atom is -0.267 e. The van der Waals surface area contributed by atoms with Gasteiger partial charge in [-0.2, -0.15) is 10.1 Å². The van der Waals surface area contributed by atoms with Crippen LogP contribution in [0.4, 0.5) is 0 Å². The second kappa shape index (κ2) is 5.71. The number of benzene rings is 2. The van der Waals surface area contributed by atoms with E-state index in [1.807, 2.05) is 30.3 Å². The van der Waals surface area contributed by atoms with Crippen molar-refractivity contribution < 1.29 is 9.59 Å². The summed E-state index contributed by atoms with van der Waals surface area (Å²) in [6.45, 7) is 0. The van der Waals surface area contributed by atoms with Crippen LogP contribution in [-0.2, 0) is 6.42 Å². The molecule has 0 atom stereocenters. The van der Waals surface area contributed by atoms with E-state index in [0.29, 0.717) is 17.5 Å². The molecule has 0 spiro atoms. The Morgan fingerprint density at radius 1 is 0.857 bits per heavy atom. The smallest absolute Gasteiger partial charge is 0.267 e. The van der Waals surface area contributed by atoms with Crippen LogP contribution in [0.25, 0.3) is 0 Å². The van der Waals surface area contributed by atoms with Crippen LogP contribution in [0.2, 0.25) is 0 Å². The SMILES string of the molecule is O=C1c2ccccc2C(=O)N1N=CCCc1ccccc1. The van der Waals surface area contributed by atoms with E-state index in [2.05, 4.69) is 5.10 Å². The molecule has 0 fully saturated rings. The summed E-state index contributed by atoms with van der Waals surface area (Å²) in [6.07, 6.45) is 3.12. The molecular weight excluding hydrogens is 264 g/mol. The van der Waals surface area contributed by atoms with Gasteiger partial charge in [0.05, 0.1) is 11.1 Å². The molecule has 0 bridgehead atoms. The van der Waals surface area contributed by atoms with E-state index >= 15 is 0 Å². The van der Waals surface area contributed by atoms with Gasteiger partial charge in [0.2, 0.25) is 0 Å². The van der Waals surface area contributed by atoms with Crippen molar-refractivity contribution in [3.05, 3.63) is 71.3 Å². The standard InChI is InChI=1S/C17H14N2O2/c20-16-14-10-4-5-11-15(14)17(21)19(16)18-12-6-9-13-7-2-1-3-8-13/h1-5,7-8,10-12H,6,9H2. The van der Waals surface area contributed by atoms with Crippen LogP contribution >= 0.6 is 0 Å². The third-order valence-corrected chi connectivity index (χ3v) is 3.37. The number of amides is 2. The van der Waals surface area contributed by atoms with Crippen molar-refractivity contribution >= 4 is 18.0 Å². The van der Waals surface area contributed by atoms with E-state index in [-0.39, 0.29) is 11.8 Å². The van der Waals surface area contributed by atoms with Crippen LogP contribution in [0.1, 0.15) is 32.7 Å². The topological polar surface area (TPSA) is 49.7 Å². The molecule has 1 heterocycles. The molecule has 1 aliphatic heterocycles. The van der Waals surface area contributed by atoms with Crippen molar-refractivity contribution in [1.82, 2.24) is 5.01 Å². The third-order valence-electron chi connectivity index (χ3n) is 3.37. The fourth-order valence-electron chi connectivity index (χ4n) is 2.30. The molecular formula is C17H14N2O2. The lowest BCUT2D eigenvalue weighted by molar-refractivity contribution is 0.0659. The number of aryl methyl sites for hydroxylation is 1. The Balaban J connectivity index is 1.65. The monoisotopic (exact) mass is 278 g/mol. The maximum absolute atomic E-state index is 12.1. The van der Waals surface area contributed by atoms with Crippen LogP contribution in [0.15, 0.2) is 59.7 Å². The summed E-state index contributed by atoms with van der Waals surface area (Å²) in [5.41, 5.74) is 2.04. The number of hydrazone groups is 1. The highest BCUT2D eigenvalue weighted by Crippen LogP contribution is 2.22. The first-order chi connectivity index (χ1) is 10.3. The third kappa shape index (κ3) is 2.60. The molecule has 1 aliphatic rings. The Morgan fingerprint density at radius 2 is 1.43 bits per heavy atom. The predicted molar refractivity (Wildman–Crippen MR) is 80.2 cm³/mol. The van der Waals surface area contributed by atoms with Crippen LogP contribution in [0.5, 0.6) is 0 Å². The van der Waals surface area contributed by atoms with Crippen molar-refractivity contribution in [1.29, 1.82) is 0 Å². The van der Waals surface area contributed by atoms with Crippen LogP contribution in [-0.4, -0.2) is 23.0 Å². The molecule has 4 nitrogen and oxygen atoms in total. The molecule has 3 rings (SSSR count). The zero-order valence-corrected chi connectivity index (χ0v) is 11.4. The predicted octanol–water partition coefficient (Wildman–Crippen LogP) is 2.90. The molecule has 2 aromatic rings. The van der Waals surface area contributed by atoms with Crippen molar-refractivity contribution in [3.63, 3.8) is 0 Å². The van der Waals surface area contributed by atoms with Gasteiger partial charge in [0.15, 0.2) is 0 Å². The van der Waals surface area contributed by atoms with Gasteiger partial charge in [0, 0.05) is 6.21 Å². The van der Waals surface area contributed by atoms with Gasteiger partial charge in [0.1, 0.15) is 0 Å². The normalized spacial score (nSPS) is 14.0. The van der Waals surface area contributed by atoms with Gasteiger partial charge < -0.3 is 0 Å². The molecule has 104 valence electrons. The minimum absolute atomic E-state index is 0.355. The summed E-state index contributed by atoms with van der Waals surface area (Å²) in [5.74, 6) is -0.710. The molecule has 2 aromatic carbocycles. The van der Waals surface area contributed by atoms with Gasteiger partial charge in [-0.25, -0.2) is 0 Å². The van der Waals surface area contributed by atoms with E-state index in [1.54, 1.807) is 30.5 Å². The maximum atomic E-state index is 12.1. The highest BCUT2D eigenvalue weighted by Gasteiger charge is 2.34. The van der Waals surface area contributed by atoms with Gasteiger partial charge in [-0.15, -0.1) is 0 Å². The molecule has 2 amide bonds. The van der Waals surface area contributed by atoms with Crippen molar-refractivity contribution in [2.45, 2.75) is 12.8 Å². The summed E-state index contributed by atoms with van der Waals surface area (Å²) >= 11 is 0. The summed E-state index contributed by atoms with van der Waals surface area (Å²) in [5, 5.41) is 4.96. The fraction of sp³-hybridized carbons (Fsp3) is 0.118. The number of carbonyl (C=O) groups excluding carboxylic acids is 2. The number of imide groups is 1. The first kappa shape index (κ1) is 13.2. The summed E-state index contributed by atoms with van der Waals surface area (Å²) in [7, 11) is 0. The Hall–Kier alpha value is -2.75. The van der Waals surface area contributed by atoms with Gasteiger partial charge in [-0.05, 0) is 30.5 Å².